The van der Waals surface area contributed by atoms with Gasteiger partial charge in [0, 0.05) is 38.9 Å². The molecule has 0 aliphatic carbocycles. The van der Waals surface area contributed by atoms with Crippen molar-refractivity contribution in [3.05, 3.63) is 173 Å². The van der Waals surface area contributed by atoms with E-state index in [4.69, 9.17) is 15.0 Å². The smallest absolute Gasteiger partial charge is 0.0817 e. The molecule has 3 nitrogen and oxygen atoms in total. The number of aromatic nitrogens is 1. The molecule has 220 valence electrons. The minimum Gasteiger partial charge on any atom is -0.256 e. The summed E-state index contributed by atoms with van der Waals surface area (Å²) in [5.41, 5.74) is 10.8. The van der Waals surface area contributed by atoms with Gasteiger partial charge >= 0.3 is 0 Å². The molecule has 0 radical (unpaired) electrons. The molecule has 2 aliphatic rings. The normalized spacial score (nSPS) is 12.5. The van der Waals surface area contributed by atoms with Gasteiger partial charge in [0.05, 0.1) is 27.8 Å². The molecule has 0 N–H and O–H groups in total. The predicted octanol–water partition coefficient (Wildman–Crippen LogP) is 10.5. The number of para-hydroxylation sites is 1. The summed E-state index contributed by atoms with van der Waals surface area (Å²) in [7, 11) is 0. The molecule has 0 bridgehead atoms. The lowest BCUT2D eigenvalue weighted by Crippen LogP contribution is -2.02. The zero-order valence-corrected chi connectivity index (χ0v) is 25.8. The van der Waals surface area contributed by atoms with E-state index in [2.05, 4.69) is 140 Å². The standard InChI is InChI=1S/C45H25N3/c1-2-9-26(10-3-1)34-25-38-43(44-37(47-38)23-22-33-30-13-4-5-14-35(30)48-45(33)44)42(41(34)36-15-6-7-24-46-36)32-21-19-29-17-16-27-11-8-12-28-18-20-31(32)40(29)39(27)28/h1-25H. The van der Waals surface area contributed by atoms with Crippen LogP contribution in [0, 0.1) is 10.4 Å². The van der Waals surface area contributed by atoms with Gasteiger partial charge in [-0.3, -0.25) is 4.98 Å². The van der Waals surface area contributed by atoms with Crippen molar-refractivity contribution in [1.29, 1.82) is 0 Å². The zero-order chi connectivity index (χ0) is 31.3. The Morgan fingerprint density at radius 2 is 1.19 bits per heavy atom. The van der Waals surface area contributed by atoms with Crippen molar-refractivity contribution < 1.29 is 0 Å². The number of hydrogen-bond acceptors (Lipinski definition) is 3. The number of hydrogen-bond donors (Lipinski definition) is 0. The molecule has 0 fully saturated rings. The molecule has 48 heavy (non-hydrogen) atoms. The first-order valence-corrected chi connectivity index (χ1v) is 16.4. The van der Waals surface area contributed by atoms with Crippen LogP contribution in [0.4, 0.5) is 11.4 Å². The molecular weight excluding hydrogens is 583 g/mol. The van der Waals surface area contributed by atoms with Crippen LogP contribution in [0.25, 0.3) is 77.0 Å². The van der Waals surface area contributed by atoms with Crippen LogP contribution in [0.5, 0.6) is 0 Å². The maximum absolute atomic E-state index is 5.34. The summed E-state index contributed by atoms with van der Waals surface area (Å²) in [6, 6.07) is 52.2. The second-order valence-electron chi connectivity index (χ2n) is 12.7. The van der Waals surface area contributed by atoms with Gasteiger partial charge in [-0.15, -0.1) is 0 Å². The van der Waals surface area contributed by atoms with E-state index in [-0.39, 0.29) is 0 Å². The second-order valence-corrected chi connectivity index (χ2v) is 12.7. The van der Waals surface area contributed by atoms with E-state index in [9.17, 15) is 0 Å². The van der Waals surface area contributed by atoms with Crippen LogP contribution >= 0.6 is 0 Å². The van der Waals surface area contributed by atoms with E-state index >= 15 is 0 Å². The lowest BCUT2D eigenvalue weighted by atomic mass is 9.81. The van der Waals surface area contributed by atoms with E-state index in [0.29, 0.717) is 0 Å². The van der Waals surface area contributed by atoms with Gasteiger partial charge in [-0.2, -0.15) is 0 Å². The minimum atomic E-state index is 0.932. The summed E-state index contributed by atoms with van der Waals surface area (Å²) < 4.78 is 0. The van der Waals surface area contributed by atoms with Gasteiger partial charge in [0.2, 0.25) is 0 Å². The monoisotopic (exact) mass is 607 g/mol. The van der Waals surface area contributed by atoms with Gasteiger partial charge in [0.15, 0.2) is 0 Å². The van der Waals surface area contributed by atoms with Gasteiger partial charge in [0.1, 0.15) is 0 Å². The highest BCUT2D eigenvalue weighted by molar-refractivity contribution is 6.27. The molecule has 0 saturated carbocycles. The highest BCUT2D eigenvalue weighted by Crippen LogP contribution is 2.54. The van der Waals surface area contributed by atoms with Crippen molar-refractivity contribution in [2.45, 2.75) is 0 Å². The van der Waals surface area contributed by atoms with Crippen LogP contribution in [0.3, 0.4) is 0 Å². The quantitative estimate of drug-likeness (QED) is 0.184. The lowest BCUT2D eigenvalue weighted by Gasteiger charge is -2.22. The summed E-state index contributed by atoms with van der Waals surface area (Å²) >= 11 is 0. The molecule has 0 unspecified atom stereocenters. The average Bonchev–Trinajstić information content (AvgIpc) is 3.72. The van der Waals surface area contributed by atoms with E-state index < -0.39 is 0 Å². The minimum absolute atomic E-state index is 0.932. The van der Waals surface area contributed by atoms with Crippen molar-refractivity contribution in [1.82, 2.24) is 4.98 Å². The first-order valence-electron chi connectivity index (χ1n) is 16.4. The van der Waals surface area contributed by atoms with Crippen LogP contribution in [0.15, 0.2) is 162 Å². The zero-order valence-electron chi connectivity index (χ0n) is 25.8. The third-order valence-corrected chi connectivity index (χ3v) is 10.2. The first-order chi connectivity index (χ1) is 23.8. The third-order valence-electron chi connectivity index (χ3n) is 10.2. The molecule has 3 heterocycles. The molecule has 0 atom stereocenters. The fourth-order valence-electron chi connectivity index (χ4n) is 8.16. The van der Waals surface area contributed by atoms with Crippen molar-refractivity contribution >= 4 is 43.7 Å². The van der Waals surface area contributed by atoms with Crippen molar-refractivity contribution in [3.63, 3.8) is 0 Å². The average molecular weight is 608 g/mol. The van der Waals surface area contributed by atoms with Gasteiger partial charge in [0.25, 0.3) is 0 Å². The van der Waals surface area contributed by atoms with E-state index in [1.807, 2.05) is 12.3 Å². The Labute approximate surface area is 275 Å². The second kappa shape index (κ2) is 9.54. The molecule has 0 spiro atoms. The number of benzene rings is 8. The molecule has 0 saturated heterocycles. The third kappa shape index (κ3) is 3.45. The summed E-state index contributed by atoms with van der Waals surface area (Å²) in [6.07, 6.45) is 1.90. The topological polar surface area (TPSA) is 37.6 Å². The maximum atomic E-state index is 5.34. The lowest BCUT2D eigenvalue weighted by molar-refractivity contribution is 1.33. The van der Waals surface area contributed by atoms with Gasteiger partial charge in [-0.25, -0.2) is 9.98 Å². The van der Waals surface area contributed by atoms with Crippen LogP contribution in [0.2, 0.25) is 0 Å². The van der Waals surface area contributed by atoms with Crippen LogP contribution in [-0.4, -0.2) is 4.98 Å². The predicted molar refractivity (Wildman–Crippen MR) is 195 cm³/mol. The van der Waals surface area contributed by atoms with Crippen molar-refractivity contribution in [3.8, 4) is 44.6 Å². The van der Waals surface area contributed by atoms with Crippen LogP contribution in [-0.2, 0) is 0 Å². The number of rotatable bonds is 3. The SMILES string of the molecule is c1ccc(-c2cc3c(c(-c4ccc5ccc6cccc7ccc4c5c67)c2-c2ccccn2)-c2c4c(ccc2=N3)=c2ccccc2=N4)cc1. The molecule has 1 aromatic heterocycles. The van der Waals surface area contributed by atoms with Crippen LogP contribution < -0.4 is 10.7 Å². The van der Waals surface area contributed by atoms with E-state index in [1.54, 1.807) is 0 Å². The molecule has 9 aromatic rings. The molecule has 3 heteroatoms. The molecule has 2 aliphatic heterocycles. The van der Waals surface area contributed by atoms with E-state index in [1.165, 1.54) is 43.1 Å². The molecule has 8 aromatic carbocycles. The Morgan fingerprint density at radius 3 is 2.04 bits per heavy atom. The summed E-state index contributed by atoms with van der Waals surface area (Å²) in [5, 5.41) is 11.9. The Hall–Kier alpha value is -6.45. The van der Waals surface area contributed by atoms with Gasteiger partial charge < -0.3 is 0 Å². The summed E-state index contributed by atoms with van der Waals surface area (Å²) in [5.74, 6) is 0. The molecule has 11 rings (SSSR count). The van der Waals surface area contributed by atoms with E-state index in [0.717, 1.165) is 66.4 Å². The number of fused-ring (bicyclic) bond motifs is 6. The van der Waals surface area contributed by atoms with Gasteiger partial charge in [-0.1, -0.05) is 109 Å². The number of pyridine rings is 1. The van der Waals surface area contributed by atoms with Gasteiger partial charge in [-0.05, 0) is 85.4 Å². The fraction of sp³-hybridized carbons (Fsp3) is 0. The molecular formula is C45H25N3. The highest BCUT2D eigenvalue weighted by Gasteiger charge is 2.30. The fourth-order valence-corrected chi connectivity index (χ4v) is 8.16. The Balaban J connectivity index is 1.36. The summed E-state index contributed by atoms with van der Waals surface area (Å²) in [6.45, 7) is 0. The molecule has 0 amide bonds. The highest BCUT2D eigenvalue weighted by atomic mass is 14.8. The van der Waals surface area contributed by atoms with Crippen LogP contribution in [0.1, 0.15) is 0 Å². The first kappa shape index (κ1) is 25.7. The number of nitrogens with zero attached hydrogens (tertiary/aromatic N) is 3. The Morgan fingerprint density at radius 1 is 0.417 bits per heavy atom. The largest absolute Gasteiger partial charge is 0.256 e. The Bertz CT molecular complexity index is 3020. The Kier molecular flexibility index (Phi) is 5.11. The maximum Gasteiger partial charge on any atom is 0.0817 e. The van der Waals surface area contributed by atoms with Crippen molar-refractivity contribution in [2.75, 3.05) is 0 Å². The van der Waals surface area contributed by atoms with Crippen molar-refractivity contribution in [2.24, 2.45) is 9.98 Å². The summed E-state index contributed by atoms with van der Waals surface area (Å²) in [4.78, 5) is 15.6.